The number of thiophene rings is 1. The van der Waals surface area contributed by atoms with Crippen LogP contribution in [0, 0.1) is 0 Å². The summed E-state index contributed by atoms with van der Waals surface area (Å²) in [6, 6.07) is 2.23. The fourth-order valence-corrected chi connectivity index (χ4v) is 2.75. The summed E-state index contributed by atoms with van der Waals surface area (Å²) in [6.07, 6.45) is 0.915. The first-order valence-corrected chi connectivity index (χ1v) is 4.64. The topological polar surface area (TPSA) is 46.2 Å². The monoisotopic (exact) mass is 169 g/mol. The van der Waals surface area contributed by atoms with Crippen LogP contribution in [0.1, 0.15) is 28.8 Å². The zero-order chi connectivity index (χ0) is 7.84. The molecule has 60 valence electrons. The second kappa shape index (κ2) is 2.59. The van der Waals surface area contributed by atoms with Crippen molar-refractivity contribution in [1.29, 1.82) is 0 Å². The van der Waals surface area contributed by atoms with E-state index in [0.29, 0.717) is 5.92 Å². The summed E-state index contributed by atoms with van der Waals surface area (Å²) in [6.45, 7) is 0.237. The molecule has 0 aliphatic heterocycles. The van der Waals surface area contributed by atoms with E-state index in [1.165, 1.54) is 10.4 Å². The first-order valence-electron chi connectivity index (χ1n) is 3.76. The zero-order valence-electron chi connectivity index (χ0n) is 6.16. The number of fused-ring (bicyclic) bond motifs is 1. The number of aliphatic hydroxyl groups is 1. The van der Waals surface area contributed by atoms with E-state index in [1.807, 2.05) is 5.38 Å². The molecule has 0 spiro atoms. The third kappa shape index (κ3) is 1.00. The Morgan fingerprint density at radius 1 is 1.73 bits per heavy atom. The SMILES string of the molecule is N[C@@H]1C[C@H](CO)c2sccc21. The molecule has 0 aromatic carbocycles. The van der Waals surface area contributed by atoms with Crippen LogP contribution in [-0.2, 0) is 0 Å². The van der Waals surface area contributed by atoms with Gasteiger partial charge in [0.25, 0.3) is 0 Å². The van der Waals surface area contributed by atoms with E-state index in [2.05, 4.69) is 6.07 Å². The van der Waals surface area contributed by atoms with E-state index < -0.39 is 0 Å². The minimum atomic E-state index is 0.161. The van der Waals surface area contributed by atoms with Crippen LogP contribution in [0.2, 0.25) is 0 Å². The highest BCUT2D eigenvalue weighted by Gasteiger charge is 2.28. The van der Waals surface area contributed by atoms with Crippen molar-refractivity contribution in [3.05, 3.63) is 21.9 Å². The lowest BCUT2D eigenvalue weighted by atomic mass is 10.1. The number of nitrogens with two attached hydrogens (primary N) is 1. The van der Waals surface area contributed by atoms with Crippen LogP contribution in [0.5, 0.6) is 0 Å². The molecule has 0 unspecified atom stereocenters. The van der Waals surface area contributed by atoms with Crippen LogP contribution in [0.3, 0.4) is 0 Å². The summed E-state index contributed by atoms with van der Waals surface area (Å²) in [5, 5.41) is 11.0. The lowest BCUT2D eigenvalue weighted by molar-refractivity contribution is 0.263. The van der Waals surface area contributed by atoms with Crippen LogP contribution >= 0.6 is 11.3 Å². The predicted octanol–water partition coefficient (Wildman–Crippen LogP) is 1.23. The molecular weight excluding hydrogens is 158 g/mol. The van der Waals surface area contributed by atoms with Crippen LogP contribution in [-0.4, -0.2) is 11.7 Å². The first kappa shape index (κ1) is 7.28. The van der Waals surface area contributed by atoms with Crippen molar-refractivity contribution < 1.29 is 5.11 Å². The van der Waals surface area contributed by atoms with Crippen LogP contribution in [0.25, 0.3) is 0 Å². The minimum absolute atomic E-state index is 0.161. The van der Waals surface area contributed by atoms with E-state index >= 15 is 0 Å². The molecule has 0 saturated carbocycles. The highest BCUT2D eigenvalue weighted by atomic mass is 32.1. The summed E-state index contributed by atoms with van der Waals surface area (Å²) < 4.78 is 0. The van der Waals surface area contributed by atoms with E-state index in [0.717, 1.165) is 6.42 Å². The second-order valence-electron chi connectivity index (χ2n) is 2.96. The summed E-state index contributed by atoms with van der Waals surface area (Å²) in [5.74, 6) is 0.306. The van der Waals surface area contributed by atoms with Gasteiger partial charge in [-0.2, -0.15) is 0 Å². The smallest absolute Gasteiger partial charge is 0.0508 e. The van der Waals surface area contributed by atoms with Gasteiger partial charge in [-0.3, -0.25) is 0 Å². The van der Waals surface area contributed by atoms with Gasteiger partial charge in [0, 0.05) is 16.8 Å². The van der Waals surface area contributed by atoms with Crippen molar-refractivity contribution in [3.8, 4) is 0 Å². The Morgan fingerprint density at radius 3 is 3.27 bits per heavy atom. The van der Waals surface area contributed by atoms with Gasteiger partial charge in [-0.1, -0.05) is 0 Å². The molecule has 1 heterocycles. The fourth-order valence-electron chi connectivity index (χ4n) is 1.67. The number of aliphatic hydroxyl groups excluding tert-OH is 1. The maximum Gasteiger partial charge on any atom is 0.0508 e. The van der Waals surface area contributed by atoms with Gasteiger partial charge in [-0.25, -0.2) is 0 Å². The van der Waals surface area contributed by atoms with Gasteiger partial charge in [0.2, 0.25) is 0 Å². The molecule has 3 N–H and O–H groups in total. The van der Waals surface area contributed by atoms with Gasteiger partial charge in [-0.05, 0) is 23.4 Å². The third-order valence-corrected chi connectivity index (χ3v) is 3.35. The second-order valence-corrected chi connectivity index (χ2v) is 3.91. The normalized spacial score (nSPS) is 28.9. The zero-order valence-corrected chi connectivity index (χ0v) is 6.97. The molecule has 1 aromatic heterocycles. The van der Waals surface area contributed by atoms with Gasteiger partial charge in [0.1, 0.15) is 0 Å². The molecule has 2 rings (SSSR count). The van der Waals surface area contributed by atoms with E-state index in [1.54, 1.807) is 11.3 Å². The Balaban J connectivity index is 2.37. The van der Waals surface area contributed by atoms with Crippen molar-refractivity contribution in [2.75, 3.05) is 6.61 Å². The molecule has 0 saturated heterocycles. The summed E-state index contributed by atoms with van der Waals surface area (Å²) in [7, 11) is 0. The Kier molecular flexibility index (Phi) is 1.71. The van der Waals surface area contributed by atoms with Gasteiger partial charge in [-0.15, -0.1) is 11.3 Å². The molecule has 1 aliphatic rings. The maximum absolute atomic E-state index is 9.00. The van der Waals surface area contributed by atoms with Gasteiger partial charge in [0.05, 0.1) is 6.61 Å². The van der Waals surface area contributed by atoms with Crippen molar-refractivity contribution in [2.45, 2.75) is 18.4 Å². The quantitative estimate of drug-likeness (QED) is 0.664. The average molecular weight is 169 g/mol. The average Bonchev–Trinajstić information content (AvgIpc) is 2.54. The summed E-state index contributed by atoms with van der Waals surface area (Å²) in [5.41, 5.74) is 7.10. The molecular formula is C8H11NOS. The lowest BCUT2D eigenvalue weighted by Crippen LogP contribution is -2.06. The molecule has 1 aromatic rings. The maximum atomic E-state index is 9.00. The van der Waals surface area contributed by atoms with E-state index in [4.69, 9.17) is 10.8 Å². The standard InChI is InChI=1S/C8H11NOS/c9-7-3-5(4-10)8-6(7)1-2-11-8/h1-2,5,7,10H,3-4,9H2/t5-,7-/m1/s1. The number of rotatable bonds is 1. The Morgan fingerprint density at radius 2 is 2.55 bits per heavy atom. The first-order chi connectivity index (χ1) is 5.33. The molecule has 0 radical (unpaired) electrons. The molecule has 2 atom stereocenters. The summed E-state index contributed by atoms with van der Waals surface area (Å²) in [4.78, 5) is 1.29. The predicted molar refractivity (Wildman–Crippen MR) is 45.7 cm³/mol. The van der Waals surface area contributed by atoms with Crippen molar-refractivity contribution in [3.63, 3.8) is 0 Å². The molecule has 1 aliphatic carbocycles. The number of hydrogen-bond acceptors (Lipinski definition) is 3. The highest BCUT2D eigenvalue weighted by molar-refractivity contribution is 7.10. The fraction of sp³-hybridized carbons (Fsp3) is 0.500. The van der Waals surface area contributed by atoms with E-state index in [-0.39, 0.29) is 12.6 Å². The van der Waals surface area contributed by atoms with E-state index in [9.17, 15) is 0 Å². The highest BCUT2D eigenvalue weighted by Crippen LogP contribution is 2.41. The van der Waals surface area contributed by atoms with Crippen molar-refractivity contribution >= 4 is 11.3 Å². The lowest BCUT2D eigenvalue weighted by Gasteiger charge is -2.04. The number of hydrogen-bond donors (Lipinski definition) is 2. The Hall–Kier alpha value is -0.380. The third-order valence-electron chi connectivity index (χ3n) is 2.26. The van der Waals surface area contributed by atoms with Crippen molar-refractivity contribution in [2.24, 2.45) is 5.73 Å². The molecule has 0 bridgehead atoms. The van der Waals surface area contributed by atoms with Gasteiger partial charge >= 0.3 is 0 Å². The molecule has 0 amide bonds. The molecule has 2 nitrogen and oxygen atoms in total. The van der Waals surface area contributed by atoms with Gasteiger partial charge < -0.3 is 10.8 Å². The molecule has 0 fully saturated rings. The molecule has 11 heavy (non-hydrogen) atoms. The van der Waals surface area contributed by atoms with Crippen LogP contribution in [0.15, 0.2) is 11.4 Å². The van der Waals surface area contributed by atoms with Crippen LogP contribution < -0.4 is 5.73 Å². The Labute approximate surface area is 69.7 Å². The Bertz CT molecular complexity index is 258. The summed E-state index contributed by atoms with van der Waals surface area (Å²) >= 11 is 1.71. The van der Waals surface area contributed by atoms with Crippen LogP contribution in [0.4, 0.5) is 0 Å². The minimum Gasteiger partial charge on any atom is -0.396 e. The largest absolute Gasteiger partial charge is 0.396 e. The van der Waals surface area contributed by atoms with Crippen molar-refractivity contribution in [1.82, 2.24) is 0 Å². The molecule has 3 heteroatoms. The van der Waals surface area contributed by atoms with Gasteiger partial charge in [0.15, 0.2) is 0 Å².